The van der Waals surface area contributed by atoms with Crippen molar-refractivity contribution in [3.63, 3.8) is 0 Å². The number of methoxy groups -OCH3 is 1. The molecule has 178 valence electrons. The monoisotopic (exact) mass is 461 g/mol. The van der Waals surface area contributed by atoms with E-state index in [4.69, 9.17) is 14.2 Å². The number of nitrogens with zero attached hydrogens (tertiary/aromatic N) is 1. The Balaban J connectivity index is 1.63. The van der Waals surface area contributed by atoms with Crippen LogP contribution in [0.15, 0.2) is 78.9 Å². The topological polar surface area (TPSA) is 65.1 Å². The number of hydrogen-bond acceptors (Lipinski definition) is 5. The molecule has 0 N–H and O–H groups in total. The summed E-state index contributed by atoms with van der Waals surface area (Å²) < 4.78 is 16.6. The molecule has 0 aliphatic heterocycles. The molecule has 6 heteroatoms. The molecule has 0 fully saturated rings. The van der Waals surface area contributed by atoms with E-state index in [2.05, 4.69) is 0 Å². The lowest BCUT2D eigenvalue weighted by Crippen LogP contribution is -2.46. The van der Waals surface area contributed by atoms with Crippen molar-refractivity contribution in [1.82, 2.24) is 4.90 Å². The highest BCUT2D eigenvalue weighted by Gasteiger charge is 2.27. The van der Waals surface area contributed by atoms with Crippen LogP contribution >= 0.6 is 0 Å². The predicted octanol–water partition coefficient (Wildman–Crippen LogP) is 5.26. The highest BCUT2D eigenvalue weighted by molar-refractivity contribution is 5.92. The first-order valence-corrected chi connectivity index (χ1v) is 11.1. The molecule has 6 nitrogen and oxygen atoms in total. The Kier molecular flexibility index (Phi) is 8.30. The molecule has 1 amide bonds. The molecule has 0 saturated heterocycles. The number of benzene rings is 3. The molecule has 0 radical (unpaired) electrons. The van der Waals surface area contributed by atoms with E-state index in [1.165, 1.54) is 7.11 Å². The van der Waals surface area contributed by atoms with Gasteiger partial charge in [-0.15, -0.1) is 0 Å². The van der Waals surface area contributed by atoms with E-state index in [9.17, 15) is 9.59 Å². The van der Waals surface area contributed by atoms with E-state index in [0.717, 1.165) is 11.1 Å². The first-order valence-electron chi connectivity index (χ1n) is 11.1. The van der Waals surface area contributed by atoms with Crippen molar-refractivity contribution < 1.29 is 23.8 Å². The third-order valence-corrected chi connectivity index (χ3v) is 5.26. The van der Waals surface area contributed by atoms with Crippen LogP contribution in [0, 0.1) is 0 Å². The maximum absolute atomic E-state index is 12.9. The molecule has 34 heavy (non-hydrogen) atoms. The summed E-state index contributed by atoms with van der Waals surface area (Å²) in [6.07, 6.45) is 0. The minimum Gasteiger partial charge on any atom is -0.493 e. The Morgan fingerprint density at radius 3 is 2.03 bits per heavy atom. The normalized spacial score (nSPS) is 10.9. The SMILES string of the molecule is COc1cc(C(=O)OCC(=O)N(Cc2ccccc2)C(C)(C)C)ccc1OCc1ccccc1. The average Bonchev–Trinajstić information content (AvgIpc) is 2.84. The van der Waals surface area contributed by atoms with E-state index in [1.807, 2.05) is 81.4 Å². The largest absolute Gasteiger partial charge is 0.493 e. The zero-order valence-corrected chi connectivity index (χ0v) is 20.1. The Bertz CT molecular complexity index is 1090. The minimum atomic E-state index is -0.602. The molecule has 0 atom stereocenters. The van der Waals surface area contributed by atoms with Gasteiger partial charge in [0.25, 0.3) is 5.91 Å². The van der Waals surface area contributed by atoms with Crippen LogP contribution in [0.5, 0.6) is 11.5 Å². The zero-order chi connectivity index (χ0) is 24.6. The number of ether oxygens (including phenoxy) is 3. The second kappa shape index (κ2) is 11.4. The lowest BCUT2D eigenvalue weighted by Gasteiger charge is -2.35. The summed E-state index contributed by atoms with van der Waals surface area (Å²) in [5, 5.41) is 0. The second-order valence-electron chi connectivity index (χ2n) is 8.85. The van der Waals surface area contributed by atoms with Gasteiger partial charge in [-0.2, -0.15) is 0 Å². The standard InChI is InChI=1S/C28H31NO5/c1-28(2,3)29(18-21-11-7-5-8-12-21)26(30)20-34-27(31)23-15-16-24(25(17-23)32-4)33-19-22-13-9-6-10-14-22/h5-17H,18-20H2,1-4H3. The van der Waals surface area contributed by atoms with Gasteiger partial charge < -0.3 is 19.1 Å². The molecular weight excluding hydrogens is 430 g/mol. The molecule has 0 aliphatic carbocycles. The van der Waals surface area contributed by atoms with Crippen molar-refractivity contribution in [1.29, 1.82) is 0 Å². The van der Waals surface area contributed by atoms with Crippen molar-refractivity contribution in [2.45, 2.75) is 39.5 Å². The number of hydrogen-bond donors (Lipinski definition) is 0. The van der Waals surface area contributed by atoms with Crippen molar-refractivity contribution in [3.05, 3.63) is 95.6 Å². The van der Waals surface area contributed by atoms with Crippen LogP contribution in [-0.4, -0.2) is 36.0 Å². The highest BCUT2D eigenvalue weighted by Crippen LogP contribution is 2.29. The van der Waals surface area contributed by atoms with Crippen LogP contribution in [0.25, 0.3) is 0 Å². The molecule has 3 aromatic rings. The lowest BCUT2D eigenvalue weighted by atomic mass is 10.0. The summed E-state index contributed by atoms with van der Waals surface area (Å²) in [7, 11) is 1.51. The summed E-state index contributed by atoms with van der Waals surface area (Å²) in [6.45, 7) is 6.32. The Hall–Kier alpha value is -3.80. The Labute approximate surface area is 201 Å². The average molecular weight is 462 g/mol. The van der Waals surface area contributed by atoms with Gasteiger partial charge in [0.1, 0.15) is 6.61 Å². The van der Waals surface area contributed by atoms with Crippen LogP contribution in [0.1, 0.15) is 42.3 Å². The van der Waals surface area contributed by atoms with Crippen LogP contribution in [0.3, 0.4) is 0 Å². The van der Waals surface area contributed by atoms with Gasteiger partial charge in [-0.3, -0.25) is 4.79 Å². The van der Waals surface area contributed by atoms with Crippen LogP contribution < -0.4 is 9.47 Å². The Morgan fingerprint density at radius 2 is 1.44 bits per heavy atom. The third-order valence-electron chi connectivity index (χ3n) is 5.26. The molecule has 0 aromatic heterocycles. The summed E-state index contributed by atoms with van der Waals surface area (Å²) in [5.41, 5.74) is 1.88. The fraction of sp³-hybridized carbons (Fsp3) is 0.286. The van der Waals surface area contributed by atoms with E-state index < -0.39 is 11.5 Å². The Morgan fingerprint density at radius 1 is 0.824 bits per heavy atom. The predicted molar refractivity (Wildman–Crippen MR) is 131 cm³/mol. The van der Waals surface area contributed by atoms with Gasteiger partial charge in [-0.25, -0.2) is 4.79 Å². The van der Waals surface area contributed by atoms with Gasteiger partial charge in [-0.05, 0) is 50.1 Å². The van der Waals surface area contributed by atoms with Gasteiger partial charge in [0.2, 0.25) is 0 Å². The van der Waals surface area contributed by atoms with E-state index in [-0.39, 0.29) is 18.1 Å². The zero-order valence-electron chi connectivity index (χ0n) is 20.1. The molecule has 0 unspecified atom stereocenters. The fourth-order valence-electron chi connectivity index (χ4n) is 3.40. The van der Waals surface area contributed by atoms with Crippen molar-refractivity contribution >= 4 is 11.9 Å². The van der Waals surface area contributed by atoms with Gasteiger partial charge in [0.05, 0.1) is 12.7 Å². The first kappa shape index (κ1) is 24.8. The quantitative estimate of drug-likeness (QED) is 0.407. The molecule has 0 aliphatic rings. The summed E-state index contributed by atoms with van der Waals surface area (Å²) in [6, 6.07) is 24.3. The molecule has 0 saturated carbocycles. The molecule has 3 aromatic carbocycles. The van der Waals surface area contributed by atoms with Crippen molar-refractivity contribution in [2.24, 2.45) is 0 Å². The molecular formula is C28H31NO5. The molecule has 0 heterocycles. The van der Waals surface area contributed by atoms with E-state index >= 15 is 0 Å². The number of rotatable bonds is 9. The van der Waals surface area contributed by atoms with Gasteiger partial charge in [-0.1, -0.05) is 60.7 Å². The molecule has 3 rings (SSSR count). The number of carbonyl (C=O) groups is 2. The van der Waals surface area contributed by atoms with E-state index in [0.29, 0.717) is 24.7 Å². The van der Waals surface area contributed by atoms with Crippen molar-refractivity contribution in [2.75, 3.05) is 13.7 Å². The fourth-order valence-corrected chi connectivity index (χ4v) is 3.40. The lowest BCUT2D eigenvalue weighted by molar-refractivity contribution is -0.140. The maximum Gasteiger partial charge on any atom is 0.338 e. The summed E-state index contributed by atoms with van der Waals surface area (Å²) >= 11 is 0. The van der Waals surface area contributed by atoms with E-state index in [1.54, 1.807) is 23.1 Å². The number of esters is 1. The first-order chi connectivity index (χ1) is 16.3. The van der Waals surface area contributed by atoms with Crippen LogP contribution in [0.4, 0.5) is 0 Å². The van der Waals surface area contributed by atoms with Crippen molar-refractivity contribution in [3.8, 4) is 11.5 Å². The van der Waals surface area contributed by atoms with Gasteiger partial charge in [0.15, 0.2) is 18.1 Å². The third kappa shape index (κ3) is 6.85. The number of amides is 1. The van der Waals surface area contributed by atoms with Gasteiger partial charge >= 0.3 is 5.97 Å². The van der Waals surface area contributed by atoms with Gasteiger partial charge in [0, 0.05) is 12.1 Å². The van der Waals surface area contributed by atoms with Crippen LogP contribution in [-0.2, 0) is 22.7 Å². The molecule has 0 spiro atoms. The molecule has 0 bridgehead atoms. The highest BCUT2D eigenvalue weighted by atomic mass is 16.5. The second-order valence-corrected chi connectivity index (χ2v) is 8.85. The summed E-state index contributed by atoms with van der Waals surface area (Å²) in [4.78, 5) is 27.3. The number of carbonyl (C=O) groups excluding carboxylic acids is 2. The maximum atomic E-state index is 12.9. The summed E-state index contributed by atoms with van der Waals surface area (Å²) in [5.74, 6) is 0.0622. The minimum absolute atomic E-state index is 0.264. The smallest absolute Gasteiger partial charge is 0.338 e. The van der Waals surface area contributed by atoms with Crippen LogP contribution in [0.2, 0.25) is 0 Å².